The number of hydrogen-bond acceptors (Lipinski definition) is 5. The van der Waals surface area contributed by atoms with Crippen molar-refractivity contribution in [1.29, 1.82) is 0 Å². The predicted molar refractivity (Wildman–Crippen MR) is 71.8 cm³/mol. The molecule has 1 rings (SSSR count). The van der Waals surface area contributed by atoms with Crippen molar-refractivity contribution in [3.63, 3.8) is 0 Å². The molecule has 0 bridgehead atoms. The van der Waals surface area contributed by atoms with Crippen molar-refractivity contribution in [2.45, 2.75) is 6.92 Å². The van der Waals surface area contributed by atoms with E-state index in [1.165, 1.54) is 24.3 Å². The molecule has 106 valence electrons. The van der Waals surface area contributed by atoms with Crippen LogP contribution in [0.4, 0.5) is 0 Å². The van der Waals surface area contributed by atoms with Crippen molar-refractivity contribution in [2.75, 3.05) is 26.8 Å². The standard InChI is InChI=1S/C14H16N2O4/c1-3-20-13(18)10-16(2)14(19)12-7-11(5-4-6-17)8-15-9-12/h7-9,17H,3,6,10H2,1-2H3. The number of likely N-dealkylation sites (N-methyl/N-ethyl adjacent to an activating group) is 1. The maximum atomic E-state index is 12.1. The highest BCUT2D eigenvalue weighted by atomic mass is 16.5. The maximum Gasteiger partial charge on any atom is 0.325 e. The monoisotopic (exact) mass is 276 g/mol. The minimum absolute atomic E-state index is 0.126. The number of amides is 1. The van der Waals surface area contributed by atoms with Crippen LogP contribution in [0, 0.1) is 11.8 Å². The third kappa shape index (κ3) is 4.71. The van der Waals surface area contributed by atoms with Crippen LogP contribution in [0.25, 0.3) is 0 Å². The van der Waals surface area contributed by atoms with Crippen LogP contribution in [0.3, 0.4) is 0 Å². The van der Waals surface area contributed by atoms with Crippen molar-refractivity contribution in [3.05, 3.63) is 29.6 Å². The van der Waals surface area contributed by atoms with Gasteiger partial charge in [0.2, 0.25) is 0 Å². The molecule has 0 aromatic carbocycles. The number of aliphatic hydroxyl groups excluding tert-OH is 1. The summed E-state index contributed by atoms with van der Waals surface area (Å²) in [6.07, 6.45) is 2.89. The summed E-state index contributed by atoms with van der Waals surface area (Å²) >= 11 is 0. The Kier molecular flexibility index (Phi) is 6.20. The van der Waals surface area contributed by atoms with Gasteiger partial charge in [0.15, 0.2) is 0 Å². The molecule has 0 unspecified atom stereocenters. The second-order valence-corrected chi connectivity index (χ2v) is 3.89. The van der Waals surface area contributed by atoms with Crippen molar-refractivity contribution in [1.82, 2.24) is 9.88 Å². The van der Waals surface area contributed by atoms with E-state index in [4.69, 9.17) is 9.84 Å². The van der Waals surface area contributed by atoms with Crippen LogP contribution in [0.15, 0.2) is 18.5 Å². The highest BCUT2D eigenvalue weighted by Gasteiger charge is 2.16. The molecule has 0 atom stereocenters. The van der Waals surface area contributed by atoms with E-state index in [9.17, 15) is 9.59 Å². The first kappa shape index (κ1) is 15.7. The molecular formula is C14H16N2O4. The minimum atomic E-state index is -0.465. The van der Waals surface area contributed by atoms with Crippen molar-refractivity contribution in [2.24, 2.45) is 0 Å². The van der Waals surface area contributed by atoms with Crippen molar-refractivity contribution in [3.8, 4) is 11.8 Å². The van der Waals surface area contributed by atoms with E-state index in [2.05, 4.69) is 16.8 Å². The van der Waals surface area contributed by atoms with Gasteiger partial charge in [0, 0.05) is 25.0 Å². The Balaban J connectivity index is 2.78. The van der Waals surface area contributed by atoms with Crippen LogP contribution in [-0.2, 0) is 9.53 Å². The summed E-state index contributed by atoms with van der Waals surface area (Å²) in [6.45, 7) is 1.59. The minimum Gasteiger partial charge on any atom is -0.465 e. The summed E-state index contributed by atoms with van der Waals surface area (Å²) in [4.78, 5) is 28.6. The summed E-state index contributed by atoms with van der Waals surface area (Å²) in [7, 11) is 1.51. The van der Waals surface area contributed by atoms with E-state index >= 15 is 0 Å². The molecule has 0 saturated carbocycles. The van der Waals surface area contributed by atoms with Gasteiger partial charge in [-0.3, -0.25) is 14.6 Å². The first-order valence-electron chi connectivity index (χ1n) is 6.04. The Labute approximate surface area is 117 Å². The number of aliphatic hydroxyl groups is 1. The molecule has 6 heteroatoms. The normalized spacial score (nSPS) is 9.35. The Morgan fingerprint density at radius 3 is 2.85 bits per heavy atom. The zero-order valence-electron chi connectivity index (χ0n) is 11.4. The topological polar surface area (TPSA) is 79.7 Å². The molecule has 1 heterocycles. The van der Waals surface area contributed by atoms with Gasteiger partial charge >= 0.3 is 5.97 Å². The number of rotatable bonds is 4. The molecule has 0 radical (unpaired) electrons. The highest BCUT2D eigenvalue weighted by Crippen LogP contribution is 2.05. The summed E-state index contributed by atoms with van der Waals surface area (Å²) in [5.74, 6) is 4.33. The van der Waals surface area contributed by atoms with Crippen LogP contribution >= 0.6 is 0 Å². The molecule has 0 aliphatic rings. The summed E-state index contributed by atoms with van der Waals surface area (Å²) in [6, 6.07) is 1.56. The maximum absolute atomic E-state index is 12.1. The number of carbonyl (C=O) groups excluding carboxylic acids is 2. The molecule has 0 fully saturated rings. The van der Waals surface area contributed by atoms with Crippen LogP contribution in [0.2, 0.25) is 0 Å². The molecule has 1 amide bonds. The second-order valence-electron chi connectivity index (χ2n) is 3.89. The number of esters is 1. The molecule has 0 spiro atoms. The van der Waals surface area contributed by atoms with E-state index in [0.717, 1.165) is 0 Å². The van der Waals surface area contributed by atoms with Gasteiger partial charge in [0.05, 0.1) is 12.2 Å². The number of pyridine rings is 1. The van der Waals surface area contributed by atoms with Gasteiger partial charge in [-0.2, -0.15) is 0 Å². The zero-order chi connectivity index (χ0) is 15.0. The number of nitrogens with zero attached hydrogens (tertiary/aromatic N) is 2. The Hall–Kier alpha value is -2.39. The van der Waals surface area contributed by atoms with Crippen molar-refractivity contribution < 1.29 is 19.4 Å². The summed E-state index contributed by atoms with van der Waals surface area (Å²) < 4.78 is 4.78. The van der Waals surface area contributed by atoms with Crippen LogP contribution < -0.4 is 0 Å². The second kappa shape index (κ2) is 7.92. The first-order chi connectivity index (χ1) is 9.58. The van der Waals surface area contributed by atoms with E-state index in [0.29, 0.717) is 11.1 Å². The molecule has 6 nitrogen and oxygen atoms in total. The molecule has 20 heavy (non-hydrogen) atoms. The fraction of sp³-hybridized carbons (Fsp3) is 0.357. The lowest BCUT2D eigenvalue weighted by Gasteiger charge is -2.15. The Bertz CT molecular complexity index is 546. The van der Waals surface area contributed by atoms with E-state index in [1.807, 2.05) is 0 Å². The van der Waals surface area contributed by atoms with Gasteiger partial charge < -0.3 is 14.7 Å². The molecule has 0 aliphatic carbocycles. The fourth-order valence-corrected chi connectivity index (χ4v) is 1.46. The lowest BCUT2D eigenvalue weighted by molar-refractivity contribution is -0.143. The summed E-state index contributed by atoms with van der Waals surface area (Å²) in [5.41, 5.74) is 0.843. The van der Waals surface area contributed by atoms with Gasteiger partial charge in [-0.1, -0.05) is 11.8 Å². The third-order valence-corrected chi connectivity index (χ3v) is 2.32. The van der Waals surface area contributed by atoms with Gasteiger partial charge in [0.25, 0.3) is 5.91 Å². The van der Waals surface area contributed by atoms with E-state index in [1.54, 1.807) is 13.0 Å². The van der Waals surface area contributed by atoms with Gasteiger partial charge in [-0.15, -0.1) is 0 Å². The predicted octanol–water partition coefficient (Wildman–Crippen LogP) is 0.0605. The number of hydrogen-bond donors (Lipinski definition) is 1. The molecule has 1 aromatic heterocycles. The molecule has 1 N–H and O–H groups in total. The van der Waals surface area contributed by atoms with Crippen LogP contribution in [0.5, 0.6) is 0 Å². The molecule has 0 aliphatic heterocycles. The molecule has 0 saturated heterocycles. The average Bonchev–Trinajstić information content (AvgIpc) is 2.44. The van der Waals surface area contributed by atoms with Gasteiger partial charge in [-0.05, 0) is 13.0 Å². The SMILES string of the molecule is CCOC(=O)CN(C)C(=O)c1cncc(C#CCO)c1. The van der Waals surface area contributed by atoms with Crippen LogP contribution in [0.1, 0.15) is 22.8 Å². The summed E-state index contributed by atoms with van der Waals surface area (Å²) in [5, 5.41) is 8.62. The fourth-order valence-electron chi connectivity index (χ4n) is 1.46. The highest BCUT2D eigenvalue weighted by molar-refractivity contribution is 5.95. The van der Waals surface area contributed by atoms with E-state index < -0.39 is 5.97 Å². The zero-order valence-corrected chi connectivity index (χ0v) is 11.4. The lowest BCUT2D eigenvalue weighted by atomic mass is 10.2. The molecule has 1 aromatic rings. The van der Waals surface area contributed by atoms with E-state index in [-0.39, 0.29) is 25.7 Å². The largest absolute Gasteiger partial charge is 0.465 e. The third-order valence-electron chi connectivity index (χ3n) is 2.32. The van der Waals surface area contributed by atoms with Crippen LogP contribution in [-0.4, -0.2) is 53.7 Å². The quantitative estimate of drug-likeness (QED) is 0.621. The Morgan fingerprint density at radius 2 is 2.20 bits per heavy atom. The number of aromatic nitrogens is 1. The Morgan fingerprint density at radius 1 is 1.45 bits per heavy atom. The average molecular weight is 276 g/mol. The molecular weight excluding hydrogens is 260 g/mol. The first-order valence-corrected chi connectivity index (χ1v) is 6.04. The number of ether oxygens (including phenoxy) is 1. The van der Waals surface area contributed by atoms with Gasteiger partial charge in [-0.25, -0.2) is 0 Å². The smallest absolute Gasteiger partial charge is 0.325 e. The number of carbonyl (C=O) groups is 2. The van der Waals surface area contributed by atoms with Crippen molar-refractivity contribution >= 4 is 11.9 Å². The van der Waals surface area contributed by atoms with Gasteiger partial charge in [0.1, 0.15) is 13.2 Å². The lowest BCUT2D eigenvalue weighted by Crippen LogP contribution is -2.33.